The van der Waals surface area contributed by atoms with Crippen molar-refractivity contribution in [2.45, 2.75) is 46.5 Å². The molecule has 1 heterocycles. The fraction of sp³-hybridized carbons (Fsp3) is 0.421. The zero-order valence-electron chi connectivity index (χ0n) is 14.8. The van der Waals surface area contributed by atoms with Crippen LogP contribution in [0.15, 0.2) is 17.0 Å². The molecule has 25 heavy (non-hydrogen) atoms. The molecular weight excluding hydrogens is 354 g/mol. The van der Waals surface area contributed by atoms with Crippen LogP contribution in [-0.4, -0.2) is 27.6 Å². The van der Waals surface area contributed by atoms with Gasteiger partial charge in [-0.15, -0.1) is 0 Å². The summed E-state index contributed by atoms with van der Waals surface area (Å²) in [6.45, 7) is 6.70. The van der Waals surface area contributed by atoms with Crippen LogP contribution in [0.3, 0.4) is 0 Å². The first-order valence-electron chi connectivity index (χ1n) is 8.32. The number of aryl methyl sites for hydroxylation is 3. The summed E-state index contributed by atoms with van der Waals surface area (Å²) in [7, 11) is 0. The molecule has 0 unspecified atom stereocenters. The number of carboxylic acids is 1. The van der Waals surface area contributed by atoms with Crippen molar-refractivity contribution in [2.24, 2.45) is 0 Å². The summed E-state index contributed by atoms with van der Waals surface area (Å²) in [5.74, 6) is -1.09. The number of aliphatic carboxylic acids is 1. The maximum atomic E-state index is 12.6. The van der Waals surface area contributed by atoms with Gasteiger partial charge in [-0.05, 0) is 68.4 Å². The summed E-state index contributed by atoms with van der Waals surface area (Å²) in [5, 5.41) is 10.4. The zero-order chi connectivity index (χ0) is 18.6. The Kier molecular flexibility index (Phi) is 6.79. The number of amides is 1. The molecule has 1 saturated heterocycles. The van der Waals surface area contributed by atoms with Gasteiger partial charge in [0.15, 0.2) is 0 Å². The third-order valence-corrected chi connectivity index (χ3v) is 5.68. The minimum atomic E-state index is -1.03. The average molecular weight is 377 g/mol. The van der Waals surface area contributed by atoms with E-state index in [-0.39, 0.29) is 12.3 Å². The highest BCUT2D eigenvalue weighted by molar-refractivity contribution is 8.26. The van der Waals surface area contributed by atoms with Crippen molar-refractivity contribution < 1.29 is 14.7 Å². The molecule has 0 atom stereocenters. The Hall–Kier alpha value is -1.66. The van der Waals surface area contributed by atoms with Gasteiger partial charge in [0.2, 0.25) is 0 Å². The van der Waals surface area contributed by atoms with Crippen molar-refractivity contribution in [3.05, 3.63) is 39.3 Å². The van der Waals surface area contributed by atoms with E-state index in [0.717, 1.165) is 24.0 Å². The van der Waals surface area contributed by atoms with Crippen LogP contribution in [0.25, 0.3) is 6.08 Å². The number of thiocarbonyl (C=S) groups is 1. The lowest BCUT2D eigenvalue weighted by Crippen LogP contribution is -2.29. The van der Waals surface area contributed by atoms with Crippen LogP contribution in [-0.2, 0) is 9.59 Å². The van der Waals surface area contributed by atoms with Gasteiger partial charge in [0.05, 0.1) is 4.91 Å². The van der Waals surface area contributed by atoms with Gasteiger partial charge in [-0.25, -0.2) is 0 Å². The number of carboxylic acid groups (broad SMARTS) is 1. The van der Waals surface area contributed by atoms with E-state index in [0.29, 0.717) is 22.2 Å². The monoisotopic (exact) mass is 376 g/mol. The second-order valence-electron chi connectivity index (χ2n) is 6.31. The lowest BCUT2D eigenvalue weighted by Gasteiger charge is -2.14. The van der Waals surface area contributed by atoms with Crippen molar-refractivity contribution in [2.75, 3.05) is 6.54 Å². The number of nitrogens with zero attached hydrogens (tertiary/aromatic N) is 1. The zero-order valence-corrected chi connectivity index (χ0v) is 16.4. The van der Waals surface area contributed by atoms with Crippen molar-refractivity contribution >= 4 is 46.3 Å². The van der Waals surface area contributed by atoms with Crippen LogP contribution < -0.4 is 5.11 Å². The van der Waals surface area contributed by atoms with E-state index in [1.54, 1.807) is 4.90 Å². The Labute approximate surface area is 158 Å². The largest absolute Gasteiger partial charge is 0.550 e. The van der Waals surface area contributed by atoms with E-state index in [1.165, 1.54) is 22.9 Å². The number of thioether (sulfide) groups is 1. The number of benzene rings is 1. The summed E-state index contributed by atoms with van der Waals surface area (Å²) in [4.78, 5) is 25.3. The van der Waals surface area contributed by atoms with Crippen LogP contribution in [0, 0.1) is 20.8 Å². The molecular formula is C19H22NO3S2-. The minimum Gasteiger partial charge on any atom is -0.550 e. The van der Waals surface area contributed by atoms with E-state index >= 15 is 0 Å². The number of unbranched alkanes of at least 4 members (excludes halogenated alkanes) is 2. The molecule has 0 radical (unpaired) electrons. The van der Waals surface area contributed by atoms with Crippen LogP contribution >= 0.6 is 24.0 Å². The van der Waals surface area contributed by atoms with Gasteiger partial charge < -0.3 is 9.90 Å². The van der Waals surface area contributed by atoms with Crippen molar-refractivity contribution in [3.63, 3.8) is 0 Å². The predicted molar refractivity (Wildman–Crippen MR) is 104 cm³/mol. The molecule has 0 spiro atoms. The maximum Gasteiger partial charge on any atom is 0.266 e. The van der Waals surface area contributed by atoms with Crippen LogP contribution in [0.5, 0.6) is 0 Å². The second kappa shape index (κ2) is 8.63. The first-order chi connectivity index (χ1) is 11.8. The predicted octanol–water partition coefficient (Wildman–Crippen LogP) is 3.12. The van der Waals surface area contributed by atoms with Gasteiger partial charge in [0.1, 0.15) is 4.32 Å². The van der Waals surface area contributed by atoms with Gasteiger partial charge in [0.25, 0.3) is 5.91 Å². The van der Waals surface area contributed by atoms with Gasteiger partial charge in [-0.1, -0.05) is 42.5 Å². The molecule has 0 saturated carbocycles. The summed E-state index contributed by atoms with van der Waals surface area (Å²) in [5.41, 5.74) is 4.60. The van der Waals surface area contributed by atoms with Gasteiger partial charge in [-0.3, -0.25) is 9.69 Å². The highest BCUT2D eigenvalue weighted by Gasteiger charge is 2.31. The van der Waals surface area contributed by atoms with Crippen LogP contribution in [0.4, 0.5) is 0 Å². The number of rotatable bonds is 7. The van der Waals surface area contributed by atoms with E-state index < -0.39 is 5.97 Å². The number of carbonyl (C=O) groups is 2. The molecule has 1 aromatic carbocycles. The molecule has 1 fully saturated rings. The van der Waals surface area contributed by atoms with E-state index in [9.17, 15) is 14.7 Å². The summed E-state index contributed by atoms with van der Waals surface area (Å²) < 4.78 is 0.567. The molecule has 2 rings (SSSR count). The third-order valence-electron chi connectivity index (χ3n) is 4.31. The van der Waals surface area contributed by atoms with Gasteiger partial charge in [-0.2, -0.15) is 0 Å². The lowest BCUT2D eigenvalue weighted by molar-refractivity contribution is -0.305. The smallest absolute Gasteiger partial charge is 0.266 e. The molecule has 4 nitrogen and oxygen atoms in total. The normalized spacial score (nSPS) is 16.1. The minimum absolute atomic E-state index is 0.0599. The van der Waals surface area contributed by atoms with Crippen LogP contribution in [0.1, 0.15) is 47.9 Å². The molecule has 1 aromatic rings. The summed E-state index contributed by atoms with van der Waals surface area (Å²) >= 11 is 6.66. The Morgan fingerprint density at radius 1 is 1.16 bits per heavy atom. The molecule has 0 aliphatic carbocycles. The Bertz CT molecular complexity index is 740. The second-order valence-corrected chi connectivity index (χ2v) is 7.98. The topological polar surface area (TPSA) is 60.4 Å². The van der Waals surface area contributed by atoms with Crippen molar-refractivity contribution in [3.8, 4) is 0 Å². The van der Waals surface area contributed by atoms with E-state index in [2.05, 4.69) is 26.0 Å². The lowest BCUT2D eigenvalue weighted by atomic mass is 10.0. The molecule has 134 valence electrons. The fourth-order valence-electron chi connectivity index (χ4n) is 2.69. The molecule has 6 heteroatoms. The summed E-state index contributed by atoms with van der Waals surface area (Å²) in [6, 6.07) is 4.22. The number of hydrogen-bond acceptors (Lipinski definition) is 5. The molecule has 0 aromatic heterocycles. The first-order valence-corrected chi connectivity index (χ1v) is 9.55. The highest BCUT2D eigenvalue weighted by atomic mass is 32.2. The quantitative estimate of drug-likeness (QED) is 0.416. The fourth-order valence-corrected chi connectivity index (χ4v) is 3.99. The van der Waals surface area contributed by atoms with Crippen molar-refractivity contribution in [1.82, 2.24) is 4.90 Å². The van der Waals surface area contributed by atoms with Gasteiger partial charge >= 0.3 is 0 Å². The Morgan fingerprint density at radius 3 is 2.52 bits per heavy atom. The van der Waals surface area contributed by atoms with E-state index in [4.69, 9.17) is 12.2 Å². The molecule has 0 bridgehead atoms. The SMILES string of the molecule is Cc1cc(C)c(/C=C2\SC(=S)N(CCCCCC(=O)[O-])C2=O)cc1C. The summed E-state index contributed by atoms with van der Waals surface area (Å²) in [6.07, 6.45) is 4.01. The molecule has 0 N–H and O–H groups in total. The maximum absolute atomic E-state index is 12.6. The highest BCUT2D eigenvalue weighted by Crippen LogP contribution is 2.33. The Morgan fingerprint density at radius 2 is 1.84 bits per heavy atom. The number of hydrogen-bond donors (Lipinski definition) is 0. The third kappa shape index (κ3) is 5.16. The van der Waals surface area contributed by atoms with E-state index in [1.807, 2.05) is 13.0 Å². The van der Waals surface area contributed by atoms with Crippen molar-refractivity contribution in [1.29, 1.82) is 0 Å². The Balaban J connectivity index is 2.03. The molecule has 1 aliphatic rings. The first kappa shape index (κ1) is 19.7. The number of carbonyl (C=O) groups excluding carboxylic acids is 2. The molecule has 1 aliphatic heterocycles. The van der Waals surface area contributed by atoms with Crippen LogP contribution in [0.2, 0.25) is 0 Å². The molecule has 1 amide bonds. The standard InChI is InChI=1S/C19H23NO3S2/c1-12-9-14(3)15(10-13(12)2)11-16-18(23)20(19(24)25-16)8-6-4-5-7-17(21)22/h9-11H,4-8H2,1-3H3,(H,21,22)/p-1/b16-11-. The average Bonchev–Trinajstić information content (AvgIpc) is 2.79. The van der Waals surface area contributed by atoms with Gasteiger partial charge in [0, 0.05) is 12.5 Å².